The first kappa shape index (κ1) is 27.5. The molecule has 1 saturated heterocycles. The molecule has 1 fully saturated rings. The summed E-state index contributed by atoms with van der Waals surface area (Å²) in [7, 11) is 0. The van der Waals surface area contributed by atoms with Gasteiger partial charge in [0.25, 0.3) is 11.8 Å². The topological polar surface area (TPSA) is 73.5 Å². The SMILES string of the molecule is C[C@H](NC(=O)c1ccc2c(c1)C(=C(Nc1ccc(CN3CCCCC3)cc1)c1ccccc1)C(=O)N2)c1ccccc1. The van der Waals surface area contributed by atoms with Crippen LogP contribution in [0.25, 0.3) is 11.3 Å². The second-order valence-electron chi connectivity index (χ2n) is 11.1. The highest BCUT2D eigenvalue weighted by Crippen LogP contribution is 2.38. The zero-order valence-corrected chi connectivity index (χ0v) is 23.9. The normalized spacial score (nSPS) is 16.7. The molecule has 6 nitrogen and oxygen atoms in total. The van der Waals surface area contributed by atoms with E-state index in [1.807, 2.05) is 73.7 Å². The smallest absolute Gasteiger partial charge is 0.258 e. The van der Waals surface area contributed by atoms with Crippen molar-refractivity contribution in [1.29, 1.82) is 0 Å². The summed E-state index contributed by atoms with van der Waals surface area (Å²) in [6.07, 6.45) is 3.87. The Kier molecular flexibility index (Phi) is 8.15. The summed E-state index contributed by atoms with van der Waals surface area (Å²) < 4.78 is 0. The predicted molar refractivity (Wildman–Crippen MR) is 170 cm³/mol. The molecule has 2 heterocycles. The van der Waals surface area contributed by atoms with E-state index in [0.717, 1.165) is 36.4 Å². The molecule has 0 unspecified atom stereocenters. The van der Waals surface area contributed by atoms with Crippen molar-refractivity contribution >= 4 is 34.5 Å². The Morgan fingerprint density at radius 2 is 1.52 bits per heavy atom. The lowest BCUT2D eigenvalue weighted by atomic mass is 9.98. The van der Waals surface area contributed by atoms with Crippen LogP contribution >= 0.6 is 0 Å². The highest BCUT2D eigenvalue weighted by molar-refractivity contribution is 6.37. The summed E-state index contributed by atoms with van der Waals surface area (Å²) in [6.45, 7) is 5.23. The van der Waals surface area contributed by atoms with E-state index >= 15 is 0 Å². The number of piperidine rings is 1. The van der Waals surface area contributed by atoms with Gasteiger partial charge in [0.1, 0.15) is 0 Å². The van der Waals surface area contributed by atoms with Gasteiger partial charge in [0.2, 0.25) is 0 Å². The van der Waals surface area contributed by atoms with Crippen LogP contribution in [0.3, 0.4) is 0 Å². The number of fused-ring (bicyclic) bond motifs is 1. The molecule has 3 N–H and O–H groups in total. The van der Waals surface area contributed by atoms with Crippen molar-refractivity contribution in [3.05, 3.63) is 131 Å². The third-order valence-corrected chi connectivity index (χ3v) is 8.06. The minimum Gasteiger partial charge on any atom is -0.354 e. The first-order chi connectivity index (χ1) is 20.5. The van der Waals surface area contributed by atoms with Crippen LogP contribution < -0.4 is 16.0 Å². The number of nitrogens with one attached hydrogen (secondary N) is 3. The molecule has 6 heteroatoms. The van der Waals surface area contributed by atoms with Crippen molar-refractivity contribution in [1.82, 2.24) is 10.2 Å². The fourth-order valence-electron chi connectivity index (χ4n) is 5.76. The quantitative estimate of drug-likeness (QED) is 0.203. The van der Waals surface area contributed by atoms with Crippen molar-refractivity contribution < 1.29 is 9.59 Å². The summed E-state index contributed by atoms with van der Waals surface area (Å²) in [5.74, 6) is -0.389. The van der Waals surface area contributed by atoms with Gasteiger partial charge in [-0.3, -0.25) is 14.5 Å². The molecule has 6 rings (SSSR count). The molecule has 212 valence electrons. The number of likely N-dealkylation sites (tertiary alicyclic amines) is 1. The van der Waals surface area contributed by atoms with Gasteiger partial charge in [-0.2, -0.15) is 0 Å². The Morgan fingerprint density at radius 3 is 2.24 bits per heavy atom. The zero-order valence-electron chi connectivity index (χ0n) is 23.9. The average molecular weight is 557 g/mol. The number of carbonyl (C=O) groups excluding carboxylic acids is 2. The van der Waals surface area contributed by atoms with Gasteiger partial charge in [-0.05, 0) is 79.9 Å². The average Bonchev–Trinajstić information content (AvgIpc) is 3.36. The fourth-order valence-corrected chi connectivity index (χ4v) is 5.76. The number of amides is 2. The van der Waals surface area contributed by atoms with Crippen molar-refractivity contribution in [2.45, 2.75) is 38.8 Å². The van der Waals surface area contributed by atoms with Crippen molar-refractivity contribution in [3.63, 3.8) is 0 Å². The van der Waals surface area contributed by atoms with E-state index in [-0.39, 0.29) is 17.9 Å². The molecule has 42 heavy (non-hydrogen) atoms. The molecule has 4 aromatic rings. The zero-order chi connectivity index (χ0) is 28.9. The molecule has 2 amide bonds. The molecule has 0 aliphatic carbocycles. The molecule has 0 spiro atoms. The maximum absolute atomic E-state index is 13.4. The van der Waals surface area contributed by atoms with E-state index in [9.17, 15) is 9.59 Å². The molecule has 0 saturated carbocycles. The third kappa shape index (κ3) is 6.14. The predicted octanol–water partition coefficient (Wildman–Crippen LogP) is 7.10. The van der Waals surface area contributed by atoms with E-state index in [1.54, 1.807) is 12.1 Å². The highest BCUT2D eigenvalue weighted by Gasteiger charge is 2.29. The summed E-state index contributed by atoms with van der Waals surface area (Å²) in [5.41, 5.74) is 7.20. The second kappa shape index (κ2) is 12.5. The van der Waals surface area contributed by atoms with Crippen LogP contribution in [0.15, 0.2) is 103 Å². The second-order valence-corrected chi connectivity index (χ2v) is 11.1. The van der Waals surface area contributed by atoms with E-state index in [1.165, 1.54) is 24.8 Å². The van der Waals surface area contributed by atoms with Gasteiger partial charge in [-0.15, -0.1) is 0 Å². The van der Waals surface area contributed by atoms with Crippen molar-refractivity contribution in [2.75, 3.05) is 23.7 Å². The Balaban J connectivity index is 1.30. The molecule has 2 aliphatic rings. The van der Waals surface area contributed by atoms with E-state index in [2.05, 4.69) is 45.1 Å². The van der Waals surface area contributed by atoms with Crippen molar-refractivity contribution in [3.8, 4) is 0 Å². The van der Waals surface area contributed by atoms with Crippen LogP contribution in [-0.4, -0.2) is 29.8 Å². The Hall–Kier alpha value is -4.68. The van der Waals surface area contributed by atoms with Gasteiger partial charge in [0, 0.05) is 29.0 Å². The third-order valence-electron chi connectivity index (χ3n) is 8.06. The van der Waals surface area contributed by atoms with Crippen LogP contribution in [-0.2, 0) is 11.3 Å². The largest absolute Gasteiger partial charge is 0.354 e. The number of hydrogen-bond donors (Lipinski definition) is 3. The van der Waals surface area contributed by atoms with Crippen LogP contribution in [0.1, 0.15) is 64.8 Å². The van der Waals surface area contributed by atoms with Gasteiger partial charge in [0.15, 0.2) is 0 Å². The molecule has 4 aromatic carbocycles. The minimum atomic E-state index is -0.201. The monoisotopic (exact) mass is 556 g/mol. The van der Waals surface area contributed by atoms with Crippen LogP contribution in [0.5, 0.6) is 0 Å². The maximum Gasteiger partial charge on any atom is 0.258 e. The maximum atomic E-state index is 13.4. The van der Waals surface area contributed by atoms with Crippen LogP contribution in [0.4, 0.5) is 11.4 Å². The van der Waals surface area contributed by atoms with Crippen molar-refractivity contribution in [2.24, 2.45) is 0 Å². The lowest BCUT2D eigenvalue weighted by molar-refractivity contribution is -0.110. The molecule has 1 atom stereocenters. The highest BCUT2D eigenvalue weighted by atomic mass is 16.2. The Labute approximate surface area is 247 Å². The number of anilines is 2. The van der Waals surface area contributed by atoms with Crippen LogP contribution in [0, 0.1) is 0 Å². The number of benzene rings is 4. The summed E-state index contributed by atoms with van der Waals surface area (Å²) in [6, 6.07) is 33.4. The van der Waals surface area contributed by atoms with Gasteiger partial charge >= 0.3 is 0 Å². The fraction of sp³-hybridized carbons (Fsp3) is 0.222. The summed E-state index contributed by atoms with van der Waals surface area (Å²) in [4.78, 5) is 29.2. The standard InChI is InChI=1S/C36H36N4O2/c1-25(27-11-5-2-6-12-27)37-35(41)29-17-20-32-31(23-29)33(36(42)39-32)34(28-13-7-3-8-14-28)38-30-18-15-26(16-19-30)24-40-21-9-4-10-22-40/h2-3,5-8,11-20,23,25,38H,4,9-10,21-22,24H2,1H3,(H,37,41)(H,39,42)/t25-/m0/s1. The molecule has 2 aliphatic heterocycles. The first-order valence-corrected chi connectivity index (χ1v) is 14.7. The molecule has 0 aromatic heterocycles. The summed E-state index contributed by atoms with van der Waals surface area (Å²) in [5, 5.41) is 9.63. The number of hydrogen-bond acceptors (Lipinski definition) is 4. The number of rotatable bonds is 8. The number of nitrogens with zero attached hydrogens (tertiary/aromatic N) is 1. The van der Waals surface area contributed by atoms with Gasteiger partial charge in [0.05, 0.1) is 17.3 Å². The Morgan fingerprint density at radius 1 is 0.833 bits per heavy atom. The van der Waals surface area contributed by atoms with Crippen LogP contribution in [0.2, 0.25) is 0 Å². The van der Waals surface area contributed by atoms with Gasteiger partial charge < -0.3 is 16.0 Å². The lowest BCUT2D eigenvalue weighted by Crippen LogP contribution is -2.29. The van der Waals surface area contributed by atoms with E-state index in [0.29, 0.717) is 28.1 Å². The first-order valence-electron chi connectivity index (χ1n) is 14.7. The van der Waals surface area contributed by atoms with Gasteiger partial charge in [-0.1, -0.05) is 79.2 Å². The Bertz CT molecular complexity index is 1590. The van der Waals surface area contributed by atoms with E-state index in [4.69, 9.17) is 0 Å². The molecular formula is C36H36N4O2. The molecule has 0 radical (unpaired) electrons. The number of carbonyl (C=O) groups is 2. The molecular weight excluding hydrogens is 520 g/mol. The van der Waals surface area contributed by atoms with Gasteiger partial charge in [-0.25, -0.2) is 0 Å². The van der Waals surface area contributed by atoms with E-state index < -0.39 is 0 Å². The minimum absolute atomic E-state index is 0.152. The summed E-state index contributed by atoms with van der Waals surface area (Å²) >= 11 is 0. The lowest BCUT2D eigenvalue weighted by Gasteiger charge is -2.26. The molecule has 0 bridgehead atoms.